The summed E-state index contributed by atoms with van der Waals surface area (Å²) in [6.07, 6.45) is 1.71. The molecule has 0 aliphatic heterocycles. The average Bonchev–Trinajstić information content (AvgIpc) is 2.70. The van der Waals surface area contributed by atoms with Crippen LogP contribution in [0.5, 0.6) is 0 Å². The van der Waals surface area contributed by atoms with Crippen molar-refractivity contribution in [2.24, 2.45) is 0 Å². The zero-order chi connectivity index (χ0) is 12.5. The van der Waals surface area contributed by atoms with Gasteiger partial charge in [0, 0.05) is 11.9 Å². The van der Waals surface area contributed by atoms with Crippen molar-refractivity contribution in [2.45, 2.75) is 6.54 Å². The standard InChI is InChI=1S/C13H12N4O/c14-11-6-4-10(5-7-11)9-17-13(18)16-8-2-1-3-12(16)15-17/h1-8H,9,14H2. The van der Waals surface area contributed by atoms with Crippen molar-refractivity contribution < 1.29 is 0 Å². The van der Waals surface area contributed by atoms with Crippen LogP contribution in [-0.4, -0.2) is 14.2 Å². The zero-order valence-corrected chi connectivity index (χ0v) is 9.65. The predicted molar refractivity (Wildman–Crippen MR) is 69.4 cm³/mol. The molecule has 0 bridgehead atoms. The Labute approximate surface area is 103 Å². The molecule has 0 saturated heterocycles. The van der Waals surface area contributed by atoms with Gasteiger partial charge in [0.2, 0.25) is 0 Å². The van der Waals surface area contributed by atoms with Crippen LogP contribution in [0.2, 0.25) is 0 Å². The van der Waals surface area contributed by atoms with E-state index in [1.807, 2.05) is 36.4 Å². The van der Waals surface area contributed by atoms with Gasteiger partial charge in [-0.15, -0.1) is 5.10 Å². The third-order valence-electron chi connectivity index (χ3n) is 2.80. The van der Waals surface area contributed by atoms with Crippen molar-refractivity contribution in [3.05, 3.63) is 64.7 Å². The third-order valence-corrected chi connectivity index (χ3v) is 2.80. The fourth-order valence-corrected chi connectivity index (χ4v) is 1.87. The largest absolute Gasteiger partial charge is 0.399 e. The van der Waals surface area contributed by atoms with Crippen LogP contribution < -0.4 is 11.4 Å². The minimum absolute atomic E-state index is 0.137. The van der Waals surface area contributed by atoms with E-state index in [9.17, 15) is 4.79 Å². The monoisotopic (exact) mass is 240 g/mol. The number of benzene rings is 1. The van der Waals surface area contributed by atoms with Crippen molar-refractivity contribution in [2.75, 3.05) is 5.73 Å². The number of nitrogens with two attached hydrogens (primary N) is 1. The summed E-state index contributed by atoms with van der Waals surface area (Å²) in [6, 6.07) is 12.9. The second-order valence-electron chi connectivity index (χ2n) is 4.11. The van der Waals surface area contributed by atoms with E-state index in [1.165, 1.54) is 9.08 Å². The van der Waals surface area contributed by atoms with Gasteiger partial charge in [-0.05, 0) is 29.8 Å². The number of rotatable bonds is 2. The average molecular weight is 240 g/mol. The molecule has 0 spiro atoms. The maximum atomic E-state index is 12.0. The molecule has 0 aliphatic rings. The third kappa shape index (κ3) is 1.75. The van der Waals surface area contributed by atoms with E-state index in [4.69, 9.17) is 5.73 Å². The maximum Gasteiger partial charge on any atom is 0.350 e. The van der Waals surface area contributed by atoms with Crippen LogP contribution in [0.1, 0.15) is 5.56 Å². The first kappa shape index (κ1) is 10.6. The highest BCUT2D eigenvalue weighted by atomic mass is 16.2. The summed E-state index contributed by atoms with van der Waals surface area (Å²) in [5.41, 5.74) is 7.84. The first-order valence-corrected chi connectivity index (χ1v) is 5.63. The molecule has 0 fully saturated rings. The van der Waals surface area contributed by atoms with Crippen LogP contribution in [-0.2, 0) is 6.54 Å². The quantitative estimate of drug-likeness (QED) is 0.683. The number of hydrogen-bond donors (Lipinski definition) is 1. The highest BCUT2D eigenvalue weighted by Gasteiger charge is 2.05. The molecular weight excluding hydrogens is 228 g/mol. The number of nitrogens with zero attached hydrogens (tertiary/aromatic N) is 3. The summed E-state index contributed by atoms with van der Waals surface area (Å²) in [6.45, 7) is 0.445. The summed E-state index contributed by atoms with van der Waals surface area (Å²) in [5.74, 6) is 0. The van der Waals surface area contributed by atoms with Crippen LogP contribution in [0.25, 0.3) is 5.65 Å². The molecule has 5 heteroatoms. The summed E-state index contributed by atoms with van der Waals surface area (Å²) in [7, 11) is 0. The van der Waals surface area contributed by atoms with Crippen molar-refractivity contribution in [3.63, 3.8) is 0 Å². The van der Waals surface area contributed by atoms with Gasteiger partial charge in [0.1, 0.15) is 0 Å². The summed E-state index contributed by atoms with van der Waals surface area (Å²) >= 11 is 0. The zero-order valence-electron chi connectivity index (χ0n) is 9.65. The van der Waals surface area contributed by atoms with E-state index in [0.29, 0.717) is 17.9 Å². The molecule has 1 aromatic carbocycles. The normalized spacial score (nSPS) is 10.9. The Morgan fingerprint density at radius 3 is 2.61 bits per heavy atom. The van der Waals surface area contributed by atoms with Crippen molar-refractivity contribution in [3.8, 4) is 0 Å². The van der Waals surface area contributed by atoms with Gasteiger partial charge in [-0.3, -0.25) is 4.40 Å². The molecule has 2 aromatic heterocycles. The van der Waals surface area contributed by atoms with Gasteiger partial charge in [-0.2, -0.15) is 0 Å². The lowest BCUT2D eigenvalue weighted by Gasteiger charge is -2.00. The number of hydrogen-bond acceptors (Lipinski definition) is 3. The summed E-state index contributed by atoms with van der Waals surface area (Å²) < 4.78 is 2.97. The fourth-order valence-electron chi connectivity index (χ4n) is 1.87. The van der Waals surface area contributed by atoms with Crippen LogP contribution in [0, 0.1) is 0 Å². The Morgan fingerprint density at radius 2 is 1.89 bits per heavy atom. The molecule has 0 radical (unpaired) electrons. The first-order valence-electron chi connectivity index (χ1n) is 5.63. The molecule has 2 N–H and O–H groups in total. The number of fused-ring (bicyclic) bond motifs is 1. The molecule has 0 aliphatic carbocycles. The van der Waals surface area contributed by atoms with Crippen LogP contribution in [0.3, 0.4) is 0 Å². The van der Waals surface area contributed by atoms with Crippen LogP contribution >= 0.6 is 0 Å². The molecule has 0 unspecified atom stereocenters. The van der Waals surface area contributed by atoms with Crippen molar-refractivity contribution in [1.82, 2.24) is 14.2 Å². The second kappa shape index (κ2) is 4.03. The molecule has 90 valence electrons. The van der Waals surface area contributed by atoms with E-state index >= 15 is 0 Å². The molecule has 2 heterocycles. The molecule has 18 heavy (non-hydrogen) atoms. The SMILES string of the molecule is Nc1ccc(Cn2nc3ccccn3c2=O)cc1. The van der Waals surface area contributed by atoms with Gasteiger partial charge in [0.05, 0.1) is 6.54 Å². The first-order chi connectivity index (χ1) is 8.74. The van der Waals surface area contributed by atoms with Crippen molar-refractivity contribution >= 4 is 11.3 Å². The smallest absolute Gasteiger partial charge is 0.350 e. The summed E-state index contributed by atoms with van der Waals surface area (Å²) in [5, 5.41) is 4.27. The minimum Gasteiger partial charge on any atom is -0.399 e. The Kier molecular flexibility index (Phi) is 2.37. The van der Waals surface area contributed by atoms with E-state index in [2.05, 4.69) is 5.10 Å². The molecular formula is C13H12N4O. The Bertz CT molecular complexity index is 740. The molecule has 3 aromatic rings. The Hall–Kier alpha value is -2.56. The van der Waals surface area contributed by atoms with E-state index < -0.39 is 0 Å². The number of nitrogen functional groups attached to an aromatic ring is 1. The topological polar surface area (TPSA) is 65.3 Å². The highest BCUT2D eigenvalue weighted by Crippen LogP contribution is 2.06. The van der Waals surface area contributed by atoms with Gasteiger partial charge in [-0.1, -0.05) is 18.2 Å². The summed E-state index contributed by atoms with van der Waals surface area (Å²) in [4.78, 5) is 12.0. The molecule has 0 amide bonds. The van der Waals surface area contributed by atoms with Gasteiger partial charge < -0.3 is 5.73 Å². The minimum atomic E-state index is -0.137. The molecule has 3 rings (SSSR count). The van der Waals surface area contributed by atoms with Crippen LogP contribution in [0.15, 0.2) is 53.5 Å². The van der Waals surface area contributed by atoms with Crippen molar-refractivity contribution in [1.29, 1.82) is 0 Å². The number of pyridine rings is 1. The lowest BCUT2D eigenvalue weighted by atomic mass is 10.2. The van der Waals surface area contributed by atoms with E-state index in [1.54, 1.807) is 12.3 Å². The van der Waals surface area contributed by atoms with Gasteiger partial charge in [0.25, 0.3) is 0 Å². The lowest BCUT2D eigenvalue weighted by molar-refractivity contribution is 0.659. The molecule has 0 saturated carbocycles. The highest BCUT2D eigenvalue weighted by molar-refractivity contribution is 5.39. The van der Waals surface area contributed by atoms with Gasteiger partial charge in [-0.25, -0.2) is 9.48 Å². The second-order valence-corrected chi connectivity index (χ2v) is 4.11. The van der Waals surface area contributed by atoms with E-state index in [-0.39, 0.29) is 5.69 Å². The lowest BCUT2D eigenvalue weighted by Crippen LogP contribution is -2.21. The predicted octanol–water partition coefficient (Wildman–Crippen LogP) is 1.13. The van der Waals surface area contributed by atoms with Gasteiger partial charge >= 0.3 is 5.69 Å². The van der Waals surface area contributed by atoms with Crippen LogP contribution in [0.4, 0.5) is 5.69 Å². The fraction of sp³-hybridized carbons (Fsp3) is 0.0769. The maximum absolute atomic E-state index is 12.0. The molecule has 0 atom stereocenters. The number of anilines is 1. The van der Waals surface area contributed by atoms with Gasteiger partial charge in [0.15, 0.2) is 5.65 Å². The molecule has 5 nitrogen and oxygen atoms in total. The Morgan fingerprint density at radius 1 is 1.11 bits per heavy atom. The number of aromatic nitrogens is 3. The Balaban J connectivity index is 2.02. The van der Waals surface area contributed by atoms with E-state index in [0.717, 1.165) is 5.56 Å².